The average Bonchev–Trinajstić information content (AvgIpc) is 3.70. The minimum atomic E-state index is -0.492. The van der Waals surface area contributed by atoms with E-state index in [0.717, 1.165) is 29.0 Å². The van der Waals surface area contributed by atoms with E-state index in [0.29, 0.717) is 17.2 Å². The Kier molecular flexibility index (Phi) is 7.19. The number of thioether (sulfide) groups is 1. The predicted octanol–water partition coefficient (Wildman–Crippen LogP) is 5.52. The van der Waals surface area contributed by atoms with E-state index in [1.807, 2.05) is 54.6 Å². The molecule has 3 aromatic carbocycles. The van der Waals surface area contributed by atoms with Crippen molar-refractivity contribution in [2.75, 3.05) is 24.9 Å². The Morgan fingerprint density at radius 3 is 2.27 bits per heavy atom. The van der Waals surface area contributed by atoms with E-state index in [4.69, 9.17) is 9.47 Å². The van der Waals surface area contributed by atoms with E-state index in [-0.39, 0.29) is 17.7 Å². The highest BCUT2D eigenvalue weighted by molar-refractivity contribution is 8.00. The number of hydrogen-bond donors (Lipinski definition) is 2. The van der Waals surface area contributed by atoms with Crippen LogP contribution in [0.2, 0.25) is 0 Å². The second-order valence-electron chi connectivity index (χ2n) is 7.75. The molecule has 1 atom stereocenters. The molecule has 4 rings (SSSR count). The smallest absolute Gasteiger partial charge is 0.242 e. The molecule has 0 heterocycles. The summed E-state index contributed by atoms with van der Waals surface area (Å²) in [4.78, 5) is 26.3. The van der Waals surface area contributed by atoms with Gasteiger partial charge in [-0.3, -0.25) is 9.59 Å². The van der Waals surface area contributed by atoms with Crippen LogP contribution in [0.25, 0.3) is 0 Å². The van der Waals surface area contributed by atoms with E-state index < -0.39 is 5.25 Å². The Balaban J connectivity index is 1.53. The third kappa shape index (κ3) is 5.87. The summed E-state index contributed by atoms with van der Waals surface area (Å²) in [6.07, 6.45) is 1.93. The number of carbonyl (C=O) groups excluding carboxylic acids is 2. The van der Waals surface area contributed by atoms with E-state index in [2.05, 4.69) is 10.6 Å². The molecule has 1 fully saturated rings. The van der Waals surface area contributed by atoms with Crippen molar-refractivity contribution in [1.82, 2.24) is 0 Å². The van der Waals surface area contributed by atoms with Gasteiger partial charge in [0.2, 0.25) is 11.8 Å². The largest absolute Gasteiger partial charge is 0.497 e. The second-order valence-corrected chi connectivity index (χ2v) is 8.93. The van der Waals surface area contributed by atoms with Crippen LogP contribution >= 0.6 is 11.8 Å². The average molecular weight is 463 g/mol. The van der Waals surface area contributed by atoms with E-state index >= 15 is 0 Å². The molecular formula is C26H26N2O4S. The lowest BCUT2D eigenvalue weighted by Crippen LogP contribution is -2.19. The fourth-order valence-corrected chi connectivity index (χ4v) is 4.38. The Morgan fingerprint density at radius 1 is 0.909 bits per heavy atom. The van der Waals surface area contributed by atoms with Gasteiger partial charge in [-0.15, -0.1) is 11.8 Å². The van der Waals surface area contributed by atoms with Crippen molar-refractivity contribution in [3.05, 3.63) is 78.4 Å². The summed E-state index contributed by atoms with van der Waals surface area (Å²) in [5.74, 6) is 1.22. The second kappa shape index (κ2) is 10.4. The minimum Gasteiger partial charge on any atom is -0.497 e. The van der Waals surface area contributed by atoms with Gasteiger partial charge in [-0.05, 0) is 54.8 Å². The monoisotopic (exact) mass is 462 g/mol. The number of benzene rings is 3. The molecule has 0 aromatic heterocycles. The summed E-state index contributed by atoms with van der Waals surface area (Å²) < 4.78 is 10.7. The normalized spacial score (nSPS) is 13.6. The molecule has 0 aliphatic heterocycles. The van der Waals surface area contributed by atoms with Gasteiger partial charge in [-0.2, -0.15) is 0 Å². The molecule has 0 spiro atoms. The van der Waals surface area contributed by atoms with Crippen LogP contribution in [0.5, 0.6) is 11.5 Å². The number of carbonyl (C=O) groups is 2. The van der Waals surface area contributed by atoms with Crippen LogP contribution < -0.4 is 20.1 Å². The molecule has 7 heteroatoms. The van der Waals surface area contributed by atoms with Gasteiger partial charge >= 0.3 is 0 Å². The van der Waals surface area contributed by atoms with Crippen molar-refractivity contribution in [3.63, 3.8) is 0 Å². The van der Waals surface area contributed by atoms with Crippen LogP contribution in [0, 0.1) is 5.92 Å². The standard InChI is InChI=1S/C26H26N2O4S/c1-31-20-12-15-23(32-2)22(16-20)28-26(30)24(17-6-4-3-5-7-17)33-21-13-10-19(11-14-21)27-25(29)18-8-9-18/h3-7,10-16,18,24H,8-9H2,1-2H3,(H,27,29)(H,28,30). The first kappa shape index (κ1) is 22.7. The predicted molar refractivity (Wildman–Crippen MR) is 131 cm³/mol. The molecule has 1 aliphatic rings. The maximum absolute atomic E-state index is 13.4. The molecule has 1 unspecified atom stereocenters. The van der Waals surface area contributed by atoms with Crippen molar-refractivity contribution in [2.24, 2.45) is 5.92 Å². The fraction of sp³-hybridized carbons (Fsp3) is 0.231. The Bertz CT molecular complexity index is 1110. The first-order valence-corrected chi connectivity index (χ1v) is 11.6. The third-order valence-electron chi connectivity index (χ3n) is 5.33. The van der Waals surface area contributed by atoms with Gasteiger partial charge in [-0.1, -0.05) is 30.3 Å². The maximum atomic E-state index is 13.4. The fourth-order valence-electron chi connectivity index (χ4n) is 3.35. The van der Waals surface area contributed by atoms with Crippen LogP contribution in [0.1, 0.15) is 23.7 Å². The van der Waals surface area contributed by atoms with Crippen LogP contribution in [0.3, 0.4) is 0 Å². The highest BCUT2D eigenvalue weighted by atomic mass is 32.2. The first-order valence-electron chi connectivity index (χ1n) is 10.7. The van der Waals surface area contributed by atoms with E-state index in [1.54, 1.807) is 32.4 Å². The topological polar surface area (TPSA) is 76.7 Å². The molecule has 0 radical (unpaired) electrons. The highest BCUT2D eigenvalue weighted by Crippen LogP contribution is 2.38. The molecule has 2 N–H and O–H groups in total. The zero-order valence-electron chi connectivity index (χ0n) is 18.5. The SMILES string of the molecule is COc1ccc(OC)c(NC(=O)C(Sc2ccc(NC(=O)C3CC3)cc2)c2ccccc2)c1. The molecule has 3 aromatic rings. The number of hydrogen-bond acceptors (Lipinski definition) is 5. The van der Waals surface area contributed by atoms with Crippen molar-refractivity contribution >= 4 is 35.0 Å². The summed E-state index contributed by atoms with van der Waals surface area (Å²) >= 11 is 1.44. The molecule has 0 bridgehead atoms. The molecular weight excluding hydrogens is 436 g/mol. The third-order valence-corrected chi connectivity index (χ3v) is 6.60. The van der Waals surface area contributed by atoms with Gasteiger partial charge in [0.25, 0.3) is 0 Å². The molecule has 0 saturated heterocycles. The number of rotatable bonds is 9. The van der Waals surface area contributed by atoms with Gasteiger partial charge < -0.3 is 20.1 Å². The molecule has 1 saturated carbocycles. The molecule has 6 nitrogen and oxygen atoms in total. The zero-order chi connectivity index (χ0) is 23.2. The lowest BCUT2D eigenvalue weighted by molar-refractivity contribution is -0.117. The zero-order valence-corrected chi connectivity index (χ0v) is 19.4. The number of anilines is 2. The van der Waals surface area contributed by atoms with Crippen LogP contribution in [-0.4, -0.2) is 26.0 Å². The quantitative estimate of drug-likeness (QED) is 0.409. The maximum Gasteiger partial charge on any atom is 0.242 e. The summed E-state index contributed by atoms with van der Waals surface area (Å²) in [6.45, 7) is 0. The lowest BCUT2D eigenvalue weighted by atomic mass is 10.1. The van der Waals surface area contributed by atoms with Crippen molar-refractivity contribution in [3.8, 4) is 11.5 Å². The lowest BCUT2D eigenvalue weighted by Gasteiger charge is -2.19. The van der Waals surface area contributed by atoms with Crippen molar-refractivity contribution in [1.29, 1.82) is 0 Å². The Morgan fingerprint density at radius 2 is 1.64 bits per heavy atom. The Labute approximate surface area is 197 Å². The number of nitrogens with one attached hydrogen (secondary N) is 2. The van der Waals surface area contributed by atoms with E-state index in [9.17, 15) is 9.59 Å². The summed E-state index contributed by atoms with van der Waals surface area (Å²) in [5, 5.41) is 5.44. The highest BCUT2D eigenvalue weighted by Gasteiger charge is 2.29. The number of amides is 2. The van der Waals surface area contributed by atoms with Gasteiger partial charge in [-0.25, -0.2) is 0 Å². The molecule has 1 aliphatic carbocycles. The number of methoxy groups -OCH3 is 2. The van der Waals surface area contributed by atoms with Gasteiger partial charge in [0, 0.05) is 22.6 Å². The van der Waals surface area contributed by atoms with Crippen molar-refractivity contribution < 1.29 is 19.1 Å². The van der Waals surface area contributed by atoms with Gasteiger partial charge in [0.05, 0.1) is 19.9 Å². The Hall–Kier alpha value is -3.45. The van der Waals surface area contributed by atoms with Gasteiger partial charge in [0.1, 0.15) is 16.7 Å². The van der Waals surface area contributed by atoms with Gasteiger partial charge in [0.15, 0.2) is 0 Å². The number of ether oxygens (including phenoxy) is 2. The van der Waals surface area contributed by atoms with Crippen LogP contribution in [0.4, 0.5) is 11.4 Å². The van der Waals surface area contributed by atoms with Crippen LogP contribution in [-0.2, 0) is 9.59 Å². The summed E-state index contributed by atoms with van der Waals surface area (Å²) in [7, 11) is 3.14. The summed E-state index contributed by atoms with van der Waals surface area (Å²) in [5.41, 5.74) is 2.19. The first-order chi connectivity index (χ1) is 16.1. The van der Waals surface area contributed by atoms with Crippen molar-refractivity contribution in [2.45, 2.75) is 23.0 Å². The minimum absolute atomic E-state index is 0.0733. The summed E-state index contributed by atoms with van der Waals surface area (Å²) in [6, 6.07) is 22.5. The van der Waals surface area contributed by atoms with Crippen LogP contribution in [0.15, 0.2) is 77.7 Å². The molecule has 33 heavy (non-hydrogen) atoms. The molecule has 2 amide bonds. The van der Waals surface area contributed by atoms with E-state index in [1.165, 1.54) is 11.8 Å². The molecule has 170 valence electrons.